The third kappa shape index (κ3) is 2.86. The Morgan fingerprint density at radius 2 is 2.12 bits per heavy atom. The lowest BCUT2D eigenvalue weighted by Gasteiger charge is -2.10. The predicted molar refractivity (Wildman–Crippen MR) is 69.1 cm³/mol. The van der Waals surface area contributed by atoms with Crippen LogP contribution in [-0.4, -0.2) is 5.11 Å². The number of aliphatic hydroxyl groups is 1. The van der Waals surface area contributed by atoms with Crippen LogP contribution in [0.2, 0.25) is 5.02 Å². The van der Waals surface area contributed by atoms with Crippen molar-refractivity contribution in [1.29, 1.82) is 0 Å². The van der Waals surface area contributed by atoms with Crippen molar-refractivity contribution < 1.29 is 9.50 Å². The molecule has 0 amide bonds. The maximum Gasteiger partial charge on any atom is 0.127 e. The lowest BCUT2D eigenvalue weighted by atomic mass is 10.1. The van der Waals surface area contributed by atoms with Crippen molar-refractivity contribution in [2.75, 3.05) is 0 Å². The number of rotatable bonds is 3. The van der Waals surface area contributed by atoms with Crippen LogP contribution in [0.15, 0.2) is 30.3 Å². The molecule has 0 saturated heterocycles. The van der Waals surface area contributed by atoms with Crippen LogP contribution < -0.4 is 0 Å². The summed E-state index contributed by atoms with van der Waals surface area (Å²) in [5, 5.41) is 10.4. The molecule has 2 rings (SSSR count). The van der Waals surface area contributed by atoms with E-state index >= 15 is 0 Å². The maximum atomic E-state index is 13.5. The summed E-state index contributed by atoms with van der Waals surface area (Å²) < 4.78 is 13.5. The van der Waals surface area contributed by atoms with Gasteiger partial charge in [0.05, 0.1) is 6.10 Å². The highest BCUT2D eigenvalue weighted by atomic mass is 35.5. The molecular formula is C13H12ClFOS. The summed E-state index contributed by atoms with van der Waals surface area (Å²) in [6, 6.07) is 8.34. The number of halogens is 2. The molecule has 0 aliphatic rings. The minimum Gasteiger partial charge on any atom is -0.387 e. The van der Waals surface area contributed by atoms with Crippen LogP contribution in [0, 0.1) is 12.7 Å². The van der Waals surface area contributed by atoms with Crippen LogP contribution in [-0.2, 0) is 6.42 Å². The monoisotopic (exact) mass is 270 g/mol. The Hall–Kier alpha value is -0.900. The minimum absolute atomic E-state index is 0.200. The zero-order valence-electron chi connectivity index (χ0n) is 9.28. The van der Waals surface area contributed by atoms with Gasteiger partial charge in [-0.25, -0.2) is 4.39 Å². The Balaban J connectivity index is 2.21. The number of hydrogen-bond donors (Lipinski definition) is 1. The summed E-state index contributed by atoms with van der Waals surface area (Å²) in [7, 11) is 0. The summed E-state index contributed by atoms with van der Waals surface area (Å²) in [6.45, 7) is 1.97. The molecule has 1 nitrogen and oxygen atoms in total. The standard InChI is InChI=1S/C13H12ClFOS/c1-8-5-6-13(17-8)12(16)7-9-10(14)3-2-4-11(9)15/h2-6,12,16H,7H2,1H3. The molecule has 1 heterocycles. The normalized spacial score (nSPS) is 12.7. The molecule has 0 aliphatic heterocycles. The molecule has 0 spiro atoms. The van der Waals surface area contributed by atoms with Crippen molar-refractivity contribution in [3.8, 4) is 0 Å². The van der Waals surface area contributed by atoms with E-state index in [0.29, 0.717) is 10.6 Å². The van der Waals surface area contributed by atoms with Crippen molar-refractivity contribution in [3.63, 3.8) is 0 Å². The topological polar surface area (TPSA) is 20.2 Å². The first-order valence-electron chi connectivity index (χ1n) is 5.25. The molecule has 1 N–H and O–H groups in total. The van der Waals surface area contributed by atoms with E-state index in [1.807, 2.05) is 19.1 Å². The summed E-state index contributed by atoms with van der Waals surface area (Å²) in [5.74, 6) is -0.371. The minimum atomic E-state index is -0.705. The molecule has 0 saturated carbocycles. The molecule has 0 fully saturated rings. The van der Waals surface area contributed by atoms with E-state index in [0.717, 1.165) is 9.75 Å². The first-order valence-corrected chi connectivity index (χ1v) is 6.44. The Morgan fingerprint density at radius 1 is 1.35 bits per heavy atom. The van der Waals surface area contributed by atoms with Crippen LogP contribution in [0.5, 0.6) is 0 Å². The molecule has 1 unspecified atom stereocenters. The highest BCUT2D eigenvalue weighted by Crippen LogP contribution is 2.29. The molecule has 2 aromatic rings. The van der Waals surface area contributed by atoms with Gasteiger partial charge in [-0.1, -0.05) is 17.7 Å². The predicted octanol–water partition coefficient (Wildman–Crippen LogP) is 4.13. The summed E-state index contributed by atoms with van der Waals surface area (Å²) in [6.07, 6.45) is -0.506. The second-order valence-electron chi connectivity index (χ2n) is 3.87. The van der Waals surface area contributed by atoms with Gasteiger partial charge in [-0.3, -0.25) is 0 Å². The Morgan fingerprint density at radius 3 is 2.71 bits per heavy atom. The van der Waals surface area contributed by atoms with E-state index in [9.17, 15) is 9.50 Å². The number of aryl methyl sites for hydroxylation is 1. The zero-order chi connectivity index (χ0) is 12.4. The van der Waals surface area contributed by atoms with E-state index in [1.54, 1.807) is 12.1 Å². The quantitative estimate of drug-likeness (QED) is 0.889. The van der Waals surface area contributed by atoms with Gasteiger partial charge in [0.25, 0.3) is 0 Å². The van der Waals surface area contributed by atoms with Crippen LogP contribution in [0.1, 0.15) is 21.4 Å². The third-order valence-corrected chi connectivity index (χ3v) is 4.00. The van der Waals surface area contributed by atoms with E-state index in [2.05, 4.69) is 0 Å². The third-order valence-electron chi connectivity index (χ3n) is 2.55. The lowest BCUT2D eigenvalue weighted by Crippen LogP contribution is -2.02. The molecule has 1 aromatic carbocycles. The fourth-order valence-electron chi connectivity index (χ4n) is 1.65. The van der Waals surface area contributed by atoms with Gasteiger partial charge in [-0.15, -0.1) is 11.3 Å². The van der Waals surface area contributed by atoms with Crippen molar-refractivity contribution in [2.45, 2.75) is 19.4 Å². The van der Waals surface area contributed by atoms with Gasteiger partial charge in [-0.05, 0) is 31.2 Å². The summed E-state index contributed by atoms with van der Waals surface area (Å²) in [4.78, 5) is 1.96. The molecule has 4 heteroatoms. The van der Waals surface area contributed by atoms with E-state index in [4.69, 9.17) is 11.6 Å². The molecule has 90 valence electrons. The molecular weight excluding hydrogens is 259 g/mol. The highest BCUT2D eigenvalue weighted by molar-refractivity contribution is 7.12. The Bertz CT molecular complexity index is 504. The van der Waals surface area contributed by atoms with Crippen LogP contribution in [0.4, 0.5) is 4.39 Å². The van der Waals surface area contributed by atoms with Gasteiger partial charge in [0.1, 0.15) is 5.82 Å². The second kappa shape index (κ2) is 5.17. The average molecular weight is 271 g/mol. The van der Waals surface area contributed by atoms with Gasteiger partial charge in [0.15, 0.2) is 0 Å². The maximum absolute atomic E-state index is 13.5. The summed E-state index contributed by atoms with van der Waals surface area (Å²) >= 11 is 7.43. The molecule has 17 heavy (non-hydrogen) atoms. The van der Waals surface area contributed by atoms with Gasteiger partial charge >= 0.3 is 0 Å². The van der Waals surface area contributed by atoms with Gasteiger partial charge in [-0.2, -0.15) is 0 Å². The van der Waals surface area contributed by atoms with Crippen molar-refractivity contribution >= 4 is 22.9 Å². The van der Waals surface area contributed by atoms with E-state index in [-0.39, 0.29) is 12.2 Å². The smallest absolute Gasteiger partial charge is 0.127 e. The molecule has 0 bridgehead atoms. The molecule has 1 atom stereocenters. The zero-order valence-corrected chi connectivity index (χ0v) is 10.9. The van der Waals surface area contributed by atoms with Crippen LogP contribution in [0.3, 0.4) is 0 Å². The van der Waals surface area contributed by atoms with Crippen molar-refractivity contribution in [3.05, 3.63) is 56.5 Å². The Labute approximate surface area is 108 Å². The first-order chi connectivity index (χ1) is 8.08. The van der Waals surface area contributed by atoms with E-state index in [1.165, 1.54) is 17.4 Å². The summed E-state index contributed by atoms with van der Waals surface area (Å²) in [5.41, 5.74) is 0.368. The molecule has 1 aromatic heterocycles. The SMILES string of the molecule is Cc1ccc(C(O)Cc2c(F)cccc2Cl)s1. The average Bonchev–Trinajstić information content (AvgIpc) is 2.70. The largest absolute Gasteiger partial charge is 0.387 e. The molecule has 0 aliphatic carbocycles. The van der Waals surface area contributed by atoms with Crippen molar-refractivity contribution in [2.24, 2.45) is 0 Å². The fourth-order valence-corrected chi connectivity index (χ4v) is 2.76. The lowest BCUT2D eigenvalue weighted by molar-refractivity contribution is 0.181. The number of thiophene rings is 1. The first kappa shape index (κ1) is 12.6. The van der Waals surface area contributed by atoms with Gasteiger partial charge in [0.2, 0.25) is 0 Å². The van der Waals surface area contributed by atoms with Gasteiger partial charge < -0.3 is 5.11 Å². The van der Waals surface area contributed by atoms with Crippen molar-refractivity contribution in [1.82, 2.24) is 0 Å². The van der Waals surface area contributed by atoms with Crippen LogP contribution in [0.25, 0.3) is 0 Å². The number of hydrogen-bond acceptors (Lipinski definition) is 2. The number of benzene rings is 1. The number of aliphatic hydroxyl groups excluding tert-OH is 1. The van der Waals surface area contributed by atoms with Crippen LogP contribution >= 0.6 is 22.9 Å². The van der Waals surface area contributed by atoms with Gasteiger partial charge in [0, 0.05) is 26.8 Å². The highest BCUT2D eigenvalue weighted by Gasteiger charge is 2.15. The van der Waals surface area contributed by atoms with E-state index < -0.39 is 6.10 Å². The Kier molecular flexibility index (Phi) is 3.82. The molecule has 0 radical (unpaired) electrons. The fraction of sp³-hybridized carbons (Fsp3) is 0.231. The second-order valence-corrected chi connectivity index (χ2v) is 5.60.